The van der Waals surface area contributed by atoms with E-state index in [1.807, 2.05) is 12.1 Å². The summed E-state index contributed by atoms with van der Waals surface area (Å²) >= 11 is 0. The minimum atomic E-state index is 0.184. The van der Waals surface area contributed by atoms with Crippen LogP contribution in [0, 0.1) is 0 Å². The number of piperazine rings is 1. The van der Waals surface area contributed by atoms with Gasteiger partial charge in [-0.25, -0.2) is 4.98 Å². The van der Waals surface area contributed by atoms with E-state index in [0.717, 1.165) is 25.3 Å². The Kier molecular flexibility index (Phi) is 4.00. The average Bonchev–Trinajstić information content (AvgIpc) is 2.83. The van der Waals surface area contributed by atoms with E-state index in [4.69, 9.17) is 4.98 Å². The predicted octanol–water partition coefficient (Wildman–Crippen LogP) is 2.69. The third-order valence-electron chi connectivity index (χ3n) is 4.33. The Hall–Kier alpha value is -1.39. The number of pyridine rings is 1. The normalized spacial score (nSPS) is 22.7. The highest BCUT2D eigenvalue weighted by Gasteiger charge is 2.32. The van der Waals surface area contributed by atoms with E-state index < -0.39 is 0 Å². The molecular formula is C17H26N4. The molecule has 1 saturated heterocycles. The molecule has 0 aromatic carbocycles. The lowest BCUT2D eigenvalue weighted by Crippen LogP contribution is -2.61. The Morgan fingerprint density at radius 2 is 2.24 bits per heavy atom. The van der Waals surface area contributed by atoms with Crippen molar-refractivity contribution in [1.82, 2.24) is 19.6 Å². The minimum Gasteiger partial charge on any atom is -0.309 e. The van der Waals surface area contributed by atoms with Gasteiger partial charge in [-0.15, -0.1) is 0 Å². The molecule has 0 spiro atoms. The van der Waals surface area contributed by atoms with Crippen LogP contribution in [0.15, 0.2) is 30.6 Å². The molecule has 0 amide bonds. The van der Waals surface area contributed by atoms with Gasteiger partial charge in [0.05, 0.1) is 5.69 Å². The standard InChI is InChI=1S/C17H26N4/c1-4-7-15-10-18-17(2,3)13-21(15)12-14-11-20-9-6-5-8-16(20)19-14/h5-6,8-9,11,15,18H,4,7,10,12-13H2,1-3H3. The van der Waals surface area contributed by atoms with E-state index in [0.29, 0.717) is 6.04 Å². The summed E-state index contributed by atoms with van der Waals surface area (Å²) in [5.41, 5.74) is 2.39. The van der Waals surface area contributed by atoms with Crippen LogP contribution in [0.2, 0.25) is 0 Å². The van der Waals surface area contributed by atoms with Crippen LogP contribution in [0.5, 0.6) is 0 Å². The Bertz CT molecular complexity index is 569. The van der Waals surface area contributed by atoms with Gasteiger partial charge in [0.25, 0.3) is 0 Å². The van der Waals surface area contributed by atoms with Crippen LogP contribution in [0.3, 0.4) is 0 Å². The van der Waals surface area contributed by atoms with Crippen LogP contribution in [0.4, 0.5) is 0 Å². The highest BCUT2D eigenvalue weighted by molar-refractivity contribution is 5.39. The second kappa shape index (κ2) is 5.78. The Morgan fingerprint density at radius 3 is 3.00 bits per heavy atom. The summed E-state index contributed by atoms with van der Waals surface area (Å²) in [6, 6.07) is 6.77. The van der Waals surface area contributed by atoms with E-state index in [1.165, 1.54) is 18.5 Å². The molecule has 1 fully saturated rings. The molecule has 0 saturated carbocycles. The first-order valence-electron chi connectivity index (χ1n) is 7.99. The molecule has 3 rings (SSSR count). The number of hydrogen-bond acceptors (Lipinski definition) is 3. The van der Waals surface area contributed by atoms with Crippen molar-refractivity contribution in [3.63, 3.8) is 0 Å². The zero-order valence-electron chi connectivity index (χ0n) is 13.3. The van der Waals surface area contributed by atoms with Crippen molar-refractivity contribution in [2.75, 3.05) is 13.1 Å². The summed E-state index contributed by atoms with van der Waals surface area (Å²) < 4.78 is 2.11. The maximum absolute atomic E-state index is 4.75. The predicted molar refractivity (Wildman–Crippen MR) is 86.4 cm³/mol. The van der Waals surface area contributed by atoms with Gasteiger partial charge in [-0.1, -0.05) is 19.4 Å². The summed E-state index contributed by atoms with van der Waals surface area (Å²) in [6.07, 6.45) is 6.70. The molecule has 4 nitrogen and oxygen atoms in total. The van der Waals surface area contributed by atoms with E-state index in [9.17, 15) is 0 Å². The number of hydrogen-bond donors (Lipinski definition) is 1. The maximum Gasteiger partial charge on any atom is 0.137 e. The number of nitrogens with zero attached hydrogens (tertiary/aromatic N) is 3. The molecule has 114 valence electrons. The molecule has 1 N–H and O–H groups in total. The van der Waals surface area contributed by atoms with Crippen LogP contribution >= 0.6 is 0 Å². The highest BCUT2D eigenvalue weighted by atomic mass is 15.3. The molecule has 1 aliphatic heterocycles. The molecule has 3 heterocycles. The molecule has 1 aliphatic rings. The molecule has 21 heavy (non-hydrogen) atoms. The van der Waals surface area contributed by atoms with Crippen molar-refractivity contribution in [3.8, 4) is 0 Å². The number of imidazole rings is 1. The SMILES string of the molecule is CCCC1CNC(C)(C)CN1Cc1cn2ccccc2n1. The van der Waals surface area contributed by atoms with Gasteiger partial charge in [0.15, 0.2) is 0 Å². The zero-order chi connectivity index (χ0) is 14.9. The number of fused-ring (bicyclic) bond motifs is 1. The smallest absolute Gasteiger partial charge is 0.137 e. The first-order valence-corrected chi connectivity index (χ1v) is 7.99. The van der Waals surface area contributed by atoms with Crippen LogP contribution in [0.25, 0.3) is 5.65 Å². The zero-order valence-corrected chi connectivity index (χ0v) is 13.3. The fourth-order valence-electron chi connectivity index (χ4n) is 3.29. The van der Waals surface area contributed by atoms with E-state index >= 15 is 0 Å². The average molecular weight is 286 g/mol. The Balaban J connectivity index is 1.79. The molecule has 1 atom stereocenters. The van der Waals surface area contributed by atoms with Crippen LogP contribution < -0.4 is 5.32 Å². The number of nitrogens with one attached hydrogen (secondary N) is 1. The fourth-order valence-corrected chi connectivity index (χ4v) is 3.29. The highest BCUT2D eigenvalue weighted by Crippen LogP contribution is 2.20. The minimum absolute atomic E-state index is 0.184. The largest absolute Gasteiger partial charge is 0.309 e. The summed E-state index contributed by atoms with van der Waals surface area (Å²) in [5.74, 6) is 0. The molecular weight excluding hydrogens is 260 g/mol. The van der Waals surface area contributed by atoms with Crippen LogP contribution in [-0.4, -0.2) is 39.0 Å². The van der Waals surface area contributed by atoms with Gasteiger partial charge in [-0.05, 0) is 32.4 Å². The molecule has 0 aliphatic carbocycles. The first kappa shape index (κ1) is 14.5. The molecule has 0 bridgehead atoms. The van der Waals surface area contributed by atoms with Gasteiger partial charge in [0, 0.05) is 43.6 Å². The third kappa shape index (κ3) is 3.27. The maximum atomic E-state index is 4.75. The fraction of sp³-hybridized carbons (Fsp3) is 0.588. The van der Waals surface area contributed by atoms with Gasteiger partial charge in [-0.3, -0.25) is 4.90 Å². The third-order valence-corrected chi connectivity index (χ3v) is 4.33. The molecule has 2 aromatic rings. The van der Waals surface area contributed by atoms with E-state index in [-0.39, 0.29) is 5.54 Å². The van der Waals surface area contributed by atoms with Gasteiger partial charge >= 0.3 is 0 Å². The molecule has 1 unspecified atom stereocenters. The molecule has 0 radical (unpaired) electrons. The lowest BCUT2D eigenvalue weighted by molar-refractivity contribution is 0.0817. The second-order valence-corrected chi connectivity index (χ2v) is 6.81. The Morgan fingerprint density at radius 1 is 1.38 bits per heavy atom. The van der Waals surface area contributed by atoms with Crippen molar-refractivity contribution in [1.29, 1.82) is 0 Å². The lowest BCUT2D eigenvalue weighted by Gasteiger charge is -2.44. The first-order chi connectivity index (χ1) is 10.1. The summed E-state index contributed by atoms with van der Waals surface area (Å²) in [4.78, 5) is 7.35. The van der Waals surface area contributed by atoms with Crippen LogP contribution in [0.1, 0.15) is 39.3 Å². The number of rotatable bonds is 4. The van der Waals surface area contributed by atoms with Crippen molar-refractivity contribution in [2.24, 2.45) is 0 Å². The Labute approximate surface area is 127 Å². The molecule has 2 aromatic heterocycles. The van der Waals surface area contributed by atoms with Gasteiger partial charge < -0.3 is 9.72 Å². The monoisotopic (exact) mass is 286 g/mol. The lowest BCUT2D eigenvalue weighted by atomic mass is 9.96. The van der Waals surface area contributed by atoms with E-state index in [1.54, 1.807) is 0 Å². The van der Waals surface area contributed by atoms with Crippen molar-refractivity contribution >= 4 is 5.65 Å². The van der Waals surface area contributed by atoms with E-state index in [2.05, 4.69) is 53.8 Å². The number of aromatic nitrogens is 2. The quantitative estimate of drug-likeness (QED) is 0.938. The van der Waals surface area contributed by atoms with Gasteiger partial charge in [-0.2, -0.15) is 0 Å². The van der Waals surface area contributed by atoms with Crippen molar-refractivity contribution in [3.05, 3.63) is 36.3 Å². The molecule has 4 heteroatoms. The summed E-state index contributed by atoms with van der Waals surface area (Å²) in [5, 5.41) is 3.67. The van der Waals surface area contributed by atoms with Crippen LogP contribution in [-0.2, 0) is 6.54 Å². The van der Waals surface area contributed by atoms with Crippen molar-refractivity contribution < 1.29 is 0 Å². The van der Waals surface area contributed by atoms with Gasteiger partial charge in [0.2, 0.25) is 0 Å². The topological polar surface area (TPSA) is 32.6 Å². The summed E-state index contributed by atoms with van der Waals surface area (Å²) in [7, 11) is 0. The van der Waals surface area contributed by atoms with Gasteiger partial charge in [0.1, 0.15) is 5.65 Å². The summed E-state index contributed by atoms with van der Waals surface area (Å²) in [6.45, 7) is 9.93. The van der Waals surface area contributed by atoms with Crippen molar-refractivity contribution in [2.45, 2.75) is 51.7 Å². The second-order valence-electron chi connectivity index (χ2n) is 6.81.